The Bertz CT molecular complexity index is 1150. The second-order valence-corrected chi connectivity index (χ2v) is 7.74. The second kappa shape index (κ2) is 9.31. The molecule has 3 nitrogen and oxygen atoms in total. The van der Waals surface area contributed by atoms with Gasteiger partial charge in [-0.1, -0.05) is 84.9 Å². The summed E-state index contributed by atoms with van der Waals surface area (Å²) in [7, 11) is 0. The van der Waals surface area contributed by atoms with Gasteiger partial charge in [0.2, 0.25) is 0 Å². The Kier molecular flexibility index (Phi) is 6.13. The number of rotatable bonds is 6. The largest absolute Gasteiger partial charge is 0.370 e. The summed E-state index contributed by atoms with van der Waals surface area (Å²) in [6.45, 7) is 4.03. The lowest BCUT2D eigenvalue weighted by Gasteiger charge is -2.21. The van der Waals surface area contributed by atoms with E-state index < -0.39 is 6.04 Å². The van der Waals surface area contributed by atoms with Crippen molar-refractivity contribution in [1.82, 2.24) is 0 Å². The molecule has 2 N–H and O–H groups in total. The number of amides is 1. The third-order valence-corrected chi connectivity index (χ3v) is 5.35. The molecular formula is C28H26N2O. The topological polar surface area (TPSA) is 41.1 Å². The SMILES string of the molecule is Cc1ccc(C)c(NC(=O)[C@@H](Nc2ccc(-c3ccccc3)cc2)c2ccccc2)c1. The highest BCUT2D eigenvalue weighted by atomic mass is 16.2. The van der Waals surface area contributed by atoms with Gasteiger partial charge in [0, 0.05) is 11.4 Å². The fourth-order valence-corrected chi connectivity index (χ4v) is 3.58. The molecule has 154 valence electrons. The van der Waals surface area contributed by atoms with Gasteiger partial charge in [0.1, 0.15) is 6.04 Å². The fourth-order valence-electron chi connectivity index (χ4n) is 3.58. The first-order chi connectivity index (χ1) is 15.1. The highest BCUT2D eigenvalue weighted by Gasteiger charge is 2.21. The molecule has 0 radical (unpaired) electrons. The summed E-state index contributed by atoms with van der Waals surface area (Å²) < 4.78 is 0. The van der Waals surface area contributed by atoms with Gasteiger partial charge in [-0.2, -0.15) is 0 Å². The number of aryl methyl sites for hydroxylation is 2. The van der Waals surface area contributed by atoms with Gasteiger partial charge in [-0.3, -0.25) is 4.79 Å². The number of hydrogen-bond donors (Lipinski definition) is 2. The Labute approximate surface area is 183 Å². The normalized spacial score (nSPS) is 11.5. The van der Waals surface area contributed by atoms with Crippen LogP contribution in [0.2, 0.25) is 0 Å². The molecule has 0 bridgehead atoms. The molecule has 0 aliphatic heterocycles. The standard InChI is InChI=1S/C28H26N2O/c1-20-13-14-21(2)26(19-20)30-28(31)27(24-11-7-4-8-12-24)29-25-17-15-23(16-18-25)22-9-5-3-6-10-22/h3-19,27,29H,1-2H3,(H,30,31)/t27-/m0/s1. The van der Waals surface area contributed by atoms with E-state index in [1.165, 1.54) is 5.56 Å². The summed E-state index contributed by atoms with van der Waals surface area (Å²) in [6.07, 6.45) is 0. The molecular weight excluding hydrogens is 380 g/mol. The van der Waals surface area contributed by atoms with Gasteiger partial charge < -0.3 is 10.6 Å². The Balaban J connectivity index is 1.58. The summed E-state index contributed by atoms with van der Waals surface area (Å²) in [6, 6.07) is 33.8. The molecule has 4 aromatic carbocycles. The summed E-state index contributed by atoms with van der Waals surface area (Å²) in [4.78, 5) is 13.3. The maximum atomic E-state index is 13.3. The third-order valence-electron chi connectivity index (χ3n) is 5.35. The fraction of sp³-hybridized carbons (Fsp3) is 0.107. The van der Waals surface area contributed by atoms with E-state index in [-0.39, 0.29) is 5.91 Å². The molecule has 4 aromatic rings. The minimum Gasteiger partial charge on any atom is -0.370 e. The first kappa shape index (κ1) is 20.4. The lowest BCUT2D eigenvalue weighted by molar-refractivity contribution is -0.117. The Hall–Kier alpha value is -3.85. The first-order valence-electron chi connectivity index (χ1n) is 10.5. The van der Waals surface area contributed by atoms with E-state index in [1.54, 1.807) is 0 Å². The number of nitrogens with one attached hydrogen (secondary N) is 2. The number of carbonyl (C=O) groups excluding carboxylic acids is 1. The molecule has 0 saturated carbocycles. The van der Waals surface area contributed by atoms with Crippen LogP contribution in [0.15, 0.2) is 103 Å². The van der Waals surface area contributed by atoms with E-state index in [4.69, 9.17) is 0 Å². The number of carbonyl (C=O) groups is 1. The highest BCUT2D eigenvalue weighted by Crippen LogP contribution is 2.26. The summed E-state index contributed by atoms with van der Waals surface area (Å²) in [5.41, 5.74) is 7.11. The zero-order chi connectivity index (χ0) is 21.6. The van der Waals surface area contributed by atoms with Crippen molar-refractivity contribution in [2.24, 2.45) is 0 Å². The van der Waals surface area contributed by atoms with Gasteiger partial charge in [-0.05, 0) is 59.9 Å². The minimum atomic E-state index is -0.510. The molecule has 0 heterocycles. The number of anilines is 2. The zero-order valence-corrected chi connectivity index (χ0v) is 17.8. The van der Waals surface area contributed by atoms with Crippen LogP contribution in [-0.2, 0) is 4.79 Å². The summed E-state index contributed by atoms with van der Waals surface area (Å²) >= 11 is 0. The van der Waals surface area contributed by atoms with Crippen LogP contribution in [0.5, 0.6) is 0 Å². The molecule has 0 saturated heterocycles. The van der Waals surface area contributed by atoms with Crippen LogP contribution in [-0.4, -0.2) is 5.91 Å². The molecule has 0 aliphatic rings. The molecule has 0 aromatic heterocycles. The molecule has 0 fully saturated rings. The van der Waals surface area contributed by atoms with Gasteiger partial charge >= 0.3 is 0 Å². The van der Waals surface area contributed by atoms with Crippen molar-refractivity contribution >= 4 is 17.3 Å². The highest BCUT2D eigenvalue weighted by molar-refractivity contribution is 5.98. The molecule has 0 aliphatic carbocycles. The average molecular weight is 407 g/mol. The van der Waals surface area contributed by atoms with Crippen LogP contribution in [0.3, 0.4) is 0 Å². The van der Waals surface area contributed by atoms with Crippen molar-refractivity contribution in [2.45, 2.75) is 19.9 Å². The van der Waals surface area contributed by atoms with Crippen LogP contribution >= 0.6 is 0 Å². The number of hydrogen-bond acceptors (Lipinski definition) is 2. The quantitative estimate of drug-likeness (QED) is 0.371. The van der Waals surface area contributed by atoms with Crippen molar-refractivity contribution in [2.75, 3.05) is 10.6 Å². The second-order valence-electron chi connectivity index (χ2n) is 7.74. The van der Waals surface area contributed by atoms with Gasteiger partial charge in [-0.15, -0.1) is 0 Å². The molecule has 0 spiro atoms. The molecule has 0 unspecified atom stereocenters. The Morgan fingerprint density at radius 2 is 1.32 bits per heavy atom. The van der Waals surface area contributed by atoms with Gasteiger partial charge in [0.15, 0.2) is 0 Å². The Morgan fingerprint density at radius 1 is 0.710 bits per heavy atom. The van der Waals surface area contributed by atoms with Gasteiger partial charge in [0.25, 0.3) is 5.91 Å². The van der Waals surface area contributed by atoms with E-state index in [2.05, 4.69) is 34.9 Å². The van der Waals surface area contributed by atoms with E-state index in [1.807, 2.05) is 92.7 Å². The predicted molar refractivity (Wildman–Crippen MR) is 129 cm³/mol. The lowest BCUT2D eigenvalue weighted by atomic mass is 10.0. The van der Waals surface area contributed by atoms with Gasteiger partial charge in [0.05, 0.1) is 0 Å². The van der Waals surface area contributed by atoms with Crippen LogP contribution in [0.1, 0.15) is 22.7 Å². The molecule has 31 heavy (non-hydrogen) atoms. The average Bonchev–Trinajstić information content (AvgIpc) is 2.81. The molecule has 1 amide bonds. The predicted octanol–water partition coefficient (Wildman–Crippen LogP) is 6.76. The molecule has 3 heteroatoms. The smallest absolute Gasteiger partial charge is 0.251 e. The number of benzene rings is 4. The van der Waals surface area contributed by atoms with Crippen molar-refractivity contribution < 1.29 is 4.79 Å². The Morgan fingerprint density at radius 3 is 2.00 bits per heavy atom. The van der Waals surface area contributed by atoms with E-state index in [0.29, 0.717) is 0 Å². The van der Waals surface area contributed by atoms with Crippen LogP contribution < -0.4 is 10.6 Å². The van der Waals surface area contributed by atoms with Crippen LogP contribution in [0.25, 0.3) is 11.1 Å². The van der Waals surface area contributed by atoms with E-state index >= 15 is 0 Å². The van der Waals surface area contributed by atoms with Crippen molar-refractivity contribution in [1.29, 1.82) is 0 Å². The molecule has 4 rings (SSSR count). The van der Waals surface area contributed by atoms with Crippen LogP contribution in [0, 0.1) is 13.8 Å². The van der Waals surface area contributed by atoms with Crippen molar-refractivity contribution in [3.8, 4) is 11.1 Å². The molecule has 1 atom stereocenters. The summed E-state index contributed by atoms with van der Waals surface area (Å²) in [5.74, 6) is -0.0907. The maximum Gasteiger partial charge on any atom is 0.251 e. The maximum absolute atomic E-state index is 13.3. The van der Waals surface area contributed by atoms with Gasteiger partial charge in [-0.25, -0.2) is 0 Å². The van der Waals surface area contributed by atoms with Crippen molar-refractivity contribution in [3.63, 3.8) is 0 Å². The lowest BCUT2D eigenvalue weighted by Crippen LogP contribution is -2.27. The minimum absolute atomic E-state index is 0.0907. The van der Waals surface area contributed by atoms with Crippen LogP contribution in [0.4, 0.5) is 11.4 Å². The monoisotopic (exact) mass is 406 g/mol. The van der Waals surface area contributed by atoms with E-state index in [0.717, 1.165) is 33.6 Å². The third kappa shape index (κ3) is 5.01. The first-order valence-corrected chi connectivity index (χ1v) is 10.5. The zero-order valence-electron chi connectivity index (χ0n) is 17.8. The van der Waals surface area contributed by atoms with Crippen molar-refractivity contribution in [3.05, 3.63) is 120 Å². The summed E-state index contributed by atoms with van der Waals surface area (Å²) in [5, 5.41) is 6.52. The van der Waals surface area contributed by atoms with E-state index in [9.17, 15) is 4.79 Å².